The van der Waals surface area contributed by atoms with E-state index in [9.17, 15) is 0 Å². The van der Waals surface area contributed by atoms with Gasteiger partial charge in [0.2, 0.25) is 0 Å². The number of nitrogens with zero attached hydrogens (tertiary/aromatic N) is 2. The Balaban J connectivity index is 2.02. The van der Waals surface area contributed by atoms with Gasteiger partial charge in [-0.1, -0.05) is 19.3 Å². The van der Waals surface area contributed by atoms with Crippen LogP contribution < -0.4 is 5.73 Å². The van der Waals surface area contributed by atoms with Gasteiger partial charge in [0.05, 0.1) is 6.20 Å². The lowest BCUT2D eigenvalue weighted by Gasteiger charge is -2.26. The smallest absolute Gasteiger partial charge is 0.0537 e. The van der Waals surface area contributed by atoms with Crippen LogP contribution in [0.2, 0.25) is 0 Å². The first-order valence-corrected chi connectivity index (χ1v) is 6.09. The van der Waals surface area contributed by atoms with Gasteiger partial charge in [-0.05, 0) is 25.7 Å². The van der Waals surface area contributed by atoms with Crippen LogP contribution in [0.25, 0.3) is 0 Å². The van der Waals surface area contributed by atoms with Crippen molar-refractivity contribution >= 4 is 0 Å². The molecule has 0 bridgehead atoms. The highest BCUT2D eigenvalue weighted by Gasteiger charge is 2.22. The summed E-state index contributed by atoms with van der Waals surface area (Å²) in [7, 11) is 0. The van der Waals surface area contributed by atoms with E-state index in [0.717, 1.165) is 6.54 Å². The van der Waals surface area contributed by atoms with Gasteiger partial charge in [-0.15, -0.1) is 0 Å². The lowest BCUT2D eigenvalue weighted by molar-refractivity contribution is 0.308. The van der Waals surface area contributed by atoms with Crippen LogP contribution in [-0.4, -0.2) is 9.78 Å². The molecule has 0 radical (unpaired) electrons. The van der Waals surface area contributed by atoms with E-state index in [1.54, 1.807) is 0 Å². The lowest BCUT2D eigenvalue weighted by Crippen LogP contribution is -2.23. The summed E-state index contributed by atoms with van der Waals surface area (Å²) in [6, 6.07) is 0.200. The Morgan fingerprint density at radius 3 is 2.80 bits per heavy atom. The second kappa shape index (κ2) is 4.79. The van der Waals surface area contributed by atoms with Gasteiger partial charge >= 0.3 is 0 Å². The van der Waals surface area contributed by atoms with E-state index in [-0.39, 0.29) is 6.04 Å². The molecular weight excluding hydrogens is 186 g/mol. The summed E-state index contributed by atoms with van der Waals surface area (Å²) >= 11 is 0. The van der Waals surface area contributed by atoms with Gasteiger partial charge in [0.1, 0.15) is 0 Å². The Hall–Kier alpha value is -0.830. The molecule has 1 heterocycles. The Kier molecular flexibility index (Phi) is 3.41. The largest absolute Gasteiger partial charge is 0.324 e. The molecule has 1 atom stereocenters. The van der Waals surface area contributed by atoms with Crippen molar-refractivity contribution in [2.75, 3.05) is 0 Å². The van der Waals surface area contributed by atoms with Gasteiger partial charge < -0.3 is 5.73 Å². The minimum atomic E-state index is 0.200. The van der Waals surface area contributed by atoms with Crippen molar-refractivity contribution in [3.05, 3.63) is 18.0 Å². The molecule has 0 aliphatic heterocycles. The van der Waals surface area contributed by atoms with E-state index in [0.29, 0.717) is 5.92 Å². The highest BCUT2D eigenvalue weighted by molar-refractivity contribution is 5.11. The van der Waals surface area contributed by atoms with Crippen molar-refractivity contribution in [1.82, 2.24) is 9.78 Å². The number of hydrogen-bond acceptors (Lipinski definition) is 2. The van der Waals surface area contributed by atoms with Crippen molar-refractivity contribution in [2.45, 2.75) is 51.6 Å². The van der Waals surface area contributed by atoms with E-state index in [1.807, 2.05) is 10.9 Å². The van der Waals surface area contributed by atoms with Crippen LogP contribution in [0.5, 0.6) is 0 Å². The molecule has 1 aromatic rings. The molecule has 1 aliphatic carbocycles. The summed E-state index contributed by atoms with van der Waals surface area (Å²) in [4.78, 5) is 0. The molecule has 1 aliphatic rings. The molecular formula is C12H21N3. The number of aromatic nitrogens is 2. The second-order valence-electron chi connectivity index (χ2n) is 4.55. The fraction of sp³-hybridized carbons (Fsp3) is 0.750. The van der Waals surface area contributed by atoms with E-state index < -0.39 is 0 Å². The van der Waals surface area contributed by atoms with E-state index in [4.69, 9.17) is 5.73 Å². The molecule has 0 saturated heterocycles. The minimum absolute atomic E-state index is 0.200. The normalized spacial score (nSPS) is 20.4. The molecule has 1 fully saturated rings. The molecule has 2 rings (SSSR count). The molecule has 0 aromatic carbocycles. The number of nitrogens with two attached hydrogens (primary N) is 1. The zero-order valence-electron chi connectivity index (χ0n) is 9.52. The van der Waals surface area contributed by atoms with Crippen LogP contribution in [0.4, 0.5) is 0 Å². The molecule has 84 valence electrons. The lowest BCUT2D eigenvalue weighted by atomic mass is 9.82. The first-order valence-electron chi connectivity index (χ1n) is 6.09. The van der Waals surface area contributed by atoms with Crippen molar-refractivity contribution in [3.8, 4) is 0 Å². The SMILES string of the molecule is CCn1cc(C(N)C2CCCCC2)cn1. The van der Waals surface area contributed by atoms with Gasteiger partial charge in [-0.25, -0.2) is 0 Å². The first kappa shape index (κ1) is 10.7. The summed E-state index contributed by atoms with van der Waals surface area (Å²) in [5, 5.41) is 4.29. The predicted molar refractivity (Wildman–Crippen MR) is 61.4 cm³/mol. The van der Waals surface area contributed by atoms with Crippen molar-refractivity contribution in [2.24, 2.45) is 11.7 Å². The van der Waals surface area contributed by atoms with E-state index >= 15 is 0 Å². The van der Waals surface area contributed by atoms with Crippen LogP contribution in [0.3, 0.4) is 0 Å². The summed E-state index contributed by atoms with van der Waals surface area (Å²) < 4.78 is 1.96. The molecule has 0 amide bonds. The number of aryl methyl sites for hydroxylation is 1. The van der Waals surface area contributed by atoms with Gasteiger partial charge in [0, 0.05) is 24.3 Å². The van der Waals surface area contributed by atoms with E-state index in [2.05, 4.69) is 18.2 Å². The molecule has 0 spiro atoms. The van der Waals surface area contributed by atoms with Gasteiger partial charge in [0.15, 0.2) is 0 Å². The topological polar surface area (TPSA) is 43.8 Å². The third-order valence-corrected chi connectivity index (χ3v) is 3.52. The quantitative estimate of drug-likeness (QED) is 0.827. The summed E-state index contributed by atoms with van der Waals surface area (Å²) in [5.74, 6) is 0.674. The summed E-state index contributed by atoms with van der Waals surface area (Å²) in [5.41, 5.74) is 7.50. The van der Waals surface area contributed by atoms with Gasteiger partial charge in [0.25, 0.3) is 0 Å². The van der Waals surface area contributed by atoms with Crippen molar-refractivity contribution < 1.29 is 0 Å². The molecule has 1 unspecified atom stereocenters. The molecule has 3 nitrogen and oxygen atoms in total. The Morgan fingerprint density at radius 1 is 1.47 bits per heavy atom. The number of hydrogen-bond donors (Lipinski definition) is 1. The Labute approximate surface area is 91.7 Å². The zero-order chi connectivity index (χ0) is 10.7. The average Bonchev–Trinajstić information content (AvgIpc) is 2.78. The standard InChI is InChI=1S/C12H21N3/c1-2-15-9-11(8-14-15)12(13)10-6-4-3-5-7-10/h8-10,12H,2-7,13H2,1H3. The predicted octanol–water partition coefficient (Wildman–Crippen LogP) is 2.48. The zero-order valence-corrected chi connectivity index (χ0v) is 9.52. The van der Waals surface area contributed by atoms with Crippen LogP contribution in [0, 0.1) is 5.92 Å². The first-order chi connectivity index (χ1) is 7.31. The maximum Gasteiger partial charge on any atom is 0.0537 e. The average molecular weight is 207 g/mol. The second-order valence-corrected chi connectivity index (χ2v) is 4.55. The highest BCUT2D eigenvalue weighted by Crippen LogP contribution is 2.32. The van der Waals surface area contributed by atoms with Crippen molar-refractivity contribution in [3.63, 3.8) is 0 Å². The van der Waals surface area contributed by atoms with Crippen LogP contribution in [-0.2, 0) is 6.54 Å². The molecule has 3 heteroatoms. The fourth-order valence-corrected chi connectivity index (χ4v) is 2.49. The molecule has 2 N–H and O–H groups in total. The third-order valence-electron chi connectivity index (χ3n) is 3.52. The molecule has 1 saturated carbocycles. The monoisotopic (exact) mass is 207 g/mol. The van der Waals surface area contributed by atoms with Gasteiger partial charge in [-0.2, -0.15) is 5.10 Å². The highest BCUT2D eigenvalue weighted by atomic mass is 15.3. The molecule has 1 aromatic heterocycles. The Bertz CT molecular complexity index is 300. The minimum Gasteiger partial charge on any atom is -0.324 e. The Morgan fingerprint density at radius 2 is 2.20 bits per heavy atom. The van der Waals surface area contributed by atoms with Gasteiger partial charge in [-0.3, -0.25) is 4.68 Å². The summed E-state index contributed by atoms with van der Waals surface area (Å²) in [6.07, 6.45) is 10.7. The maximum absolute atomic E-state index is 6.28. The van der Waals surface area contributed by atoms with Crippen molar-refractivity contribution in [1.29, 1.82) is 0 Å². The third kappa shape index (κ3) is 2.40. The van der Waals surface area contributed by atoms with E-state index in [1.165, 1.54) is 37.7 Å². The van der Waals surface area contributed by atoms with Crippen LogP contribution in [0.15, 0.2) is 12.4 Å². The van der Waals surface area contributed by atoms with Crippen LogP contribution in [0.1, 0.15) is 50.6 Å². The maximum atomic E-state index is 6.28. The fourth-order valence-electron chi connectivity index (χ4n) is 2.49. The number of rotatable bonds is 3. The van der Waals surface area contributed by atoms with Crippen LogP contribution >= 0.6 is 0 Å². The summed E-state index contributed by atoms with van der Waals surface area (Å²) in [6.45, 7) is 3.03. The molecule has 15 heavy (non-hydrogen) atoms.